The standard InChI is InChI=1S/C12H17N3/c1-4-11-14-7-10(8-15-11)12(5-2,6-3)9-13/h7-8H,4-6H2,1-3H3. The third-order valence-corrected chi connectivity index (χ3v) is 3.00. The molecule has 0 saturated heterocycles. The van der Waals surface area contributed by atoms with Crippen LogP contribution in [0.4, 0.5) is 0 Å². The van der Waals surface area contributed by atoms with Gasteiger partial charge in [-0.25, -0.2) is 9.97 Å². The Morgan fingerprint density at radius 1 is 1.20 bits per heavy atom. The van der Waals surface area contributed by atoms with E-state index in [1.165, 1.54) is 0 Å². The Morgan fingerprint density at radius 3 is 2.07 bits per heavy atom. The molecule has 3 nitrogen and oxygen atoms in total. The minimum atomic E-state index is -0.410. The number of nitrogens with zero attached hydrogens (tertiary/aromatic N) is 3. The molecule has 1 aromatic heterocycles. The maximum atomic E-state index is 9.25. The fourth-order valence-electron chi connectivity index (χ4n) is 1.67. The SMILES string of the molecule is CCc1ncc(C(C#N)(CC)CC)cn1. The minimum Gasteiger partial charge on any atom is -0.241 e. The lowest BCUT2D eigenvalue weighted by Crippen LogP contribution is -2.22. The summed E-state index contributed by atoms with van der Waals surface area (Å²) in [5, 5.41) is 9.25. The van der Waals surface area contributed by atoms with E-state index in [2.05, 4.69) is 16.0 Å². The van der Waals surface area contributed by atoms with Crippen LogP contribution in [0, 0.1) is 11.3 Å². The van der Waals surface area contributed by atoms with E-state index in [4.69, 9.17) is 0 Å². The van der Waals surface area contributed by atoms with Crippen LogP contribution in [-0.2, 0) is 11.8 Å². The molecule has 0 aliphatic carbocycles. The first-order chi connectivity index (χ1) is 7.22. The van der Waals surface area contributed by atoms with Gasteiger partial charge in [0.15, 0.2) is 0 Å². The van der Waals surface area contributed by atoms with Gasteiger partial charge in [0.1, 0.15) is 5.82 Å². The zero-order valence-electron chi connectivity index (χ0n) is 9.62. The lowest BCUT2D eigenvalue weighted by atomic mass is 9.79. The third-order valence-electron chi connectivity index (χ3n) is 3.00. The molecule has 0 aliphatic heterocycles. The molecule has 1 aromatic rings. The van der Waals surface area contributed by atoms with E-state index in [9.17, 15) is 5.26 Å². The van der Waals surface area contributed by atoms with Gasteiger partial charge in [-0.05, 0) is 12.8 Å². The van der Waals surface area contributed by atoms with E-state index >= 15 is 0 Å². The van der Waals surface area contributed by atoms with Crippen LogP contribution >= 0.6 is 0 Å². The van der Waals surface area contributed by atoms with Crippen molar-refractivity contribution in [3.8, 4) is 6.07 Å². The summed E-state index contributed by atoms with van der Waals surface area (Å²) in [4.78, 5) is 8.49. The molecule has 0 spiro atoms. The zero-order valence-corrected chi connectivity index (χ0v) is 9.62. The average molecular weight is 203 g/mol. The highest BCUT2D eigenvalue weighted by Gasteiger charge is 2.28. The Kier molecular flexibility index (Phi) is 3.79. The molecule has 3 heteroatoms. The van der Waals surface area contributed by atoms with Crippen molar-refractivity contribution in [3.63, 3.8) is 0 Å². The predicted octanol–water partition coefficient (Wildman–Crippen LogP) is 2.62. The zero-order chi connectivity index (χ0) is 11.3. The van der Waals surface area contributed by atoms with E-state index in [1.807, 2.05) is 20.8 Å². The molecule has 0 radical (unpaired) electrons. The molecular formula is C12H17N3. The molecule has 0 bridgehead atoms. The normalized spacial score (nSPS) is 11.1. The third kappa shape index (κ3) is 2.15. The molecule has 1 heterocycles. The maximum absolute atomic E-state index is 9.25. The van der Waals surface area contributed by atoms with Crippen LogP contribution in [0.3, 0.4) is 0 Å². The molecule has 0 unspecified atom stereocenters. The molecule has 1 rings (SSSR count). The lowest BCUT2D eigenvalue weighted by molar-refractivity contribution is 0.506. The van der Waals surface area contributed by atoms with Gasteiger partial charge < -0.3 is 0 Å². The highest BCUT2D eigenvalue weighted by Crippen LogP contribution is 2.29. The van der Waals surface area contributed by atoms with E-state index in [-0.39, 0.29) is 0 Å². The molecule has 0 amide bonds. The largest absolute Gasteiger partial charge is 0.241 e. The minimum absolute atomic E-state index is 0.410. The van der Waals surface area contributed by atoms with Crippen LogP contribution in [-0.4, -0.2) is 9.97 Å². The van der Waals surface area contributed by atoms with Crippen molar-refractivity contribution in [2.75, 3.05) is 0 Å². The van der Waals surface area contributed by atoms with Crippen molar-refractivity contribution >= 4 is 0 Å². The van der Waals surface area contributed by atoms with Gasteiger partial charge in [-0.2, -0.15) is 5.26 Å². The molecule has 0 atom stereocenters. The summed E-state index contributed by atoms with van der Waals surface area (Å²) in [6, 6.07) is 2.39. The molecule has 0 aromatic carbocycles. The molecule has 0 fully saturated rings. The second-order valence-corrected chi connectivity index (χ2v) is 3.64. The van der Waals surface area contributed by atoms with Gasteiger partial charge in [0.2, 0.25) is 0 Å². The highest BCUT2D eigenvalue weighted by molar-refractivity contribution is 5.27. The van der Waals surface area contributed by atoms with Gasteiger partial charge >= 0.3 is 0 Å². The van der Waals surface area contributed by atoms with Crippen LogP contribution in [0.25, 0.3) is 0 Å². The molecule has 0 saturated carbocycles. The van der Waals surface area contributed by atoms with Crippen molar-refractivity contribution in [2.45, 2.75) is 45.4 Å². The lowest BCUT2D eigenvalue weighted by Gasteiger charge is -2.22. The quantitative estimate of drug-likeness (QED) is 0.755. The first kappa shape index (κ1) is 11.6. The number of nitriles is 1. The van der Waals surface area contributed by atoms with Gasteiger partial charge in [-0.3, -0.25) is 0 Å². The Balaban J connectivity index is 3.08. The maximum Gasteiger partial charge on any atom is 0.127 e. The van der Waals surface area contributed by atoms with E-state index in [0.29, 0.717) is 0 Å². The van der Waals surface area contributed by atoms with Crippen molar-refractivity contribution < 1.29 is 0 Å². The number of hydrogen-bond acceptors (Lipinski definition) is 3. The summed E-state index contributed by atoms with van der Waals surface area (Å²) in [7, 11) is 0. The van der Waals surface area contributed by atoms with Gasteiger partial charge in [0, 0.05) is 24.4 Å². The van der Waals surface area contributed by atoms with Crippen LogP contribution in [0.5, 0.6) is 0 Å². The molecule has 0 aliphatic rings. The van der Waals surface area contributed by atoms with E-state index < -0.39 is 5.41 Å². The summed E-state index contributed by atoms with van der Waals surface area (Å²) in [5.74, 6) is 0.831. The van der Waals surface area contributed by atoms with Gasteiger partial charge in [-0.1, -0.05) is 20.8 Å². The first-order valence-electron chi connectivity index (χ1n) is 5.45. The number of hydrogen-bond donors (Lipinski definition) is 0. The van der Waals surface area contributed by atoms with Crippen molar-refractivity contribution in [1.29, 1.82) is 5.26 Å². The summed E-state index contributed by atoms with van der Waals surface area (Å²) in [5.41, 5.74) is 0.527. The van der Waals surface area contributed by atoms with Gasteiger partial charge in [0.05, 0.1) is 11.5 Å². The molecule has 15 heavy (non-hydrogen) atoms. The van der Waals surface area contributed by atoms with Crippen molar-refractivity contribution in [3.05, 3.63) is 23.8 Å². The summed E-state index contributed by atoms with van der Waals surface area (Å²) >= 11 is 0. The fourth-order valence-corrected chi connectivity index (χ4v) is 1.67. The Morgan fingerprint density at radius 2 is 1.73 bits per heavy atom. The monoisotopic (exact) mass is 203 g/mol. The number of rotatable bonds is 4. The first-order valence-corrected chi connectivity index (χ1v) is 5.45. The Labute approximate surface area is 91.2 Å². The number of aromatic nitrogens is 2. The summed E-state index contributed by atoms with van der Waals surface area (Å²) in [6.07, 6.45) is 6.02. The van der Waals surface area contributed by atoms with Gasteiger partial charge in [0.25, 0.3) is 0 Å². The predicted molar refractivity (Wildman–Crippen MR) is 59.3 cm³/mol. The Hall–Kier alpha value is -1.43. The second-order valence-electron chi connectivity index (χ2n) is 3.64. The smallest absolute Gasteiger partial charge is 0.127 e. The summed E-state index contributed by atoms with van der Waals surface area (Å²) in [6.45, 7) is 6.08. The molecule has 0 N–H and O–H groups in total. The topological polar surface area (TPSA) is 49.6 Å². The Bertz CT molecular complexity index is 344. The van der Waals surface area contributed by atoms with Crippen molar-refractivity contribution in [1.82, 2.24) is 9.97 Å². The molecular weight excluding hydrogens is 186 g/mol. The average Bonchev–Trinajstić information content (AvgIpc) is 2.33. The van der Waals surface area contributed by atoms with Crippen molar-refractivity contribution in [2.24, 2.45) is 0 Å². The van der Waals surface area contributed by atoms with Crippen LogP contribution in [0.1, 0.15) is 45.0 Å². The van der Waals surface area contributed by atoms with Gasteiger partial charge in [-0.15, -0.1) is 0 Å². The molecule has 80 valence electrons. The van der Waals surface area contributed by atoms with E-state index in [1.54, 1.807) is 12.4 Å². The van der Waals surface area contributed by atoms with Crippen LogP contribution in [0.2, 0.25) is 0 Å². The fraction of sp³-hybridized carbons (Fsp3) is 0.583. The van der Waals surface area contributed by atoms with Crippen LogP contribution < -0.4 is 0 Å². The number of aryl methyl sites for hydroxylation is 1. The second kappa shape index (κ2) is 4.88. The van der Waals surface area contributed by atoms with E-state index in [0.717, 1.165) is 30.7 Å². The van der Waals surface area contributed by atoms with Crippen LogP contribution in [0.15, 0.2) is 12.4 Å². The highest BCUT2D eigenvalue weighted by atomic mass is 14.9. The summed E-state index contributed by atoms with van der Waals surface area (Å²) < 4.78 is 0.